The van der Waals surface area contributed by atoms with E-state index in [1.165, 1.54) is 24.2 Å². The first kappa shape index (κ1) is 65.6. The van der Waals surface area contributed by atoms with Crippen molar-refractivity contribution in [2.45, 2.75) is 186 Å². The maximum Gasteiger partial charge on any atom is 0.253 e. The number of nitrogens with zero attached hydrogens (tertiary/aromatic N) is 4. The lowest BCUT2D eigenvalue weighted by Crippen LogP contribution is -2.64. The van der Waals surface area contributed by atoms with Gasteiger partial charge in [-0.25, -0.2) is 0 Å². The molecule has 2 aromatic carbocycles. The number of aliphatic hydroxyl groups excluding tert-OH is 1. The van der Waals surface area contributed by atoms with E-state index in [9.17, 15) is 43.5 Å². The lowest BCUT2D eigenvalue weighted by Gasteiger charge is -2.49. The predicted molar refractivity (Wildman–Crippen MR) is 313 cm³/mol. The van der Waals surface area contributed by atoms with Gasteiger partial charge in [0.2, 0.25) is 41.4 Å². The Balaban J connectivity index is 1.09. The van der Waals surface area contributed by atoms with Gasteiger partial charge in [0.05, 0.1) is 48.1 Å². The molecule has 2 aromatic rings. The SMILES string of the molecule is CC[C@H](C)[C@@H]([C@@H](CC(=O)N1CCC[C@H]1[C@H](OC)[C@@H](C)C(=O)N[C@@H](Cc1ccccc1)C(=O)Nc1ccc(CNC(=O)CCCCCN2C(=O)C=CC2=O)cc1)OC)N(C)C(=O)[C@@H](C(C)C)C12CCC(C1)C(C(N)=O)N2C(=O)CCCCCO. The van der Waals surface area contributed by atoms with Gasteiger partial charge in [0.15, 0.2) is 0 Å². The van der Waals surface area contributed by atoms with Crippen LogP contribution in [0.25, 0.3) is 0 Å². The van der Waals surface area contributed by atoms with Gasteiger partial charge in [-0.05, 0) is 98.8 Å². The molecule has 2 saturated heterocycles. The summed E-state index contributed by atoms with van der Waals surface area (Å²) in [7, 11) is 4.81. The Morgan fingerprint density at radius 3 is 2.12 bits per heavy atom. The quantitative estimate of drug-likeness (QED) is 0.0442. The molecular formula is C63H92N8O12. The zero-order valence-corrected chi connectivity index (χ0v) is 50.1. The number of ether oxygens (including phenoxy) is 2. The first-order chi connectivity index (χ1) is 39.7. The number of likely N-dealkylation sites (tertiary alicyclic amines) is 2. The van der Waals surface area contributed by atoms with Crippen LogP contribution in [0, 0.1) is 29.6 Å². The number of imide groups is 1. The molecule has 0 spiro atoms. The molecule has 3 fully saturated rings. The number of primary amides is 1. The van der Waals surface area contributed by atoms with Crippen LogP contribution in [0.2, 0.25) is 0 Å². The third-order valence-corrected chi connectivity index (χ3v) is 18.0. The van der Waals surface area contributed by atoms with Gasteiger partial charge in [-0.2, -0.15) is 0 Å². The molecule has 6 N–H and O–H groups in total. The second-order valence-corrected chi connectivity index (χ2v) is 23.7. The zero-order chi connectivity index (χ0) is 60.5. The molecular weight excluding hydrogens is 1060 g/mol. The van der Waals surface area contributed by atoms with Crippen LogP contribution in [0.15, 0.2) is 66.7 Å². The van der Waals surface area contributed by atoms with Crippen molar-refractivity contribution in [2.75, 3.05) is 46.3 Å². The van der Waals surface area contributed by atoms with E-state index >= 15 is 4.79 Å². The Hall–Kier alpha value is -6.51. The number of carbonyl (C=O) groups is 9. The Morgan fingerprint density at radius 1 is 0.819 bits per heavy atom. The zero-order valence-electron chi connectivity index (χ0n) is 50.1. The molecule has 1 saturated carbocycles. The number of methoxy groups -OCH3 is 2. The molecule has 3 unspecified atom stereocenters. The largest absolute Gasteiger partial charge is 0.396 e. The second-order valence-electron chi connectivity index (χ2n) is 23.7. The summed E-state index contributed by atoms with van der Waals surface area (Å²) in [6, 6.07) is 13.5. The van der Waals surface area contributed by atoms with Crippen LogP contribution in [0.5, 0.6) is 0 Å². The molecule has 11 atom stereocenters. The van der Waals surface area contributed by atoms with Gasteiger partial charge in [-0.3, -0.25) is 48.1 Å². The van der Waals surface area contributed by atoms with Gasteiger partial charge < -0.3 is 51.0 Å². The number of carbonyl (C=O) groups excluding carboxylic acids is 9. The molecule has 6 rings (SSSR count). The van der Waals surface area contributed by atoms with Crippen LogP contribution in [0.1, 0.15) is 142 Å². The minimum absolute atomic E-state index is 0.0215. The van der Waals surface area contributed by atoms with Crippen LogP contribution in [0.3, 0.4) is 0 Å². The van der Waals surface area contributed by atoms with Crippen molar-refractivity contribution >= 4 is 58.9 Å². The number of anilines is 1. The normalized spacial score (nSPS) is 21.8. The minimum Gasteiger partial charge on any atom is -0.396 e. The molecule has 1 aliphatic carbocycles. The van der Waals surface area contributed by atoms with Gasteiger partial charge >= 0.3 is 0 Å². The number of benzene rings is 2. The highest BCUT2D eigenvalue weighted by molar-refractivity contribution is 6.12. The van der Waals surface area contributed by atoms with Gasteiger partial charge in [0.25, 0.3) is 11.8 Å². The first-order valence-electron chi connectivity index (χ1n) is 30.1. The van der Waals surface area contributed by atoms with E-state index in [1.807, 2.05) is 58.0 Å². The summed E-state index contributed by atoms with van der Waals surface area (Å²) in [6.07, 6.45) is 8.87. The number of fused-ring (bicyclic) bond motifs is 2. The number of nitrogens with two attached hydrogens (primary N) is 1. The fourth-order valence-electron chi connectivity index (χ4n) is 13.6. The van der Waals surface area contributed by atoms with Crippen LogP contribution < -0.4 is 21.7 Å². The van der Waals surface area contributed by atoms with E-state index in [-0.39, 0.29) is 85.6 Å². The van der Waals surface area contributed by atoms with E-state index in [1.54, 1.807) is 60.0 Å². The summed E-state index contributed by atoms with van der Waals surface area (Å²) in [5.74, 6) is -4.82. The van der Waals surface area contributed by atoms with Crippen molar-refractivity contribution in [1.82, 2.24) is 30.2 Å². The summed E-state index contributed by atoms with van der Waals surface area (Å²) < 4.78 is 12.3. The minimum atomic E-state index is -0.994. The summed E-state index contributed by atoms with van der Waals surface area (Å²) in [5, 5.41) is 18.2. The number of nitrogens with one attached hydrogen (secondary N) is 3. The fraction of sp³-hybridized carbons (Fsp3) is 0.635. The number of hydrogen-bond acceptors (Lipinski definition) is 12. The Morgan fingerprint density at radius 2 is 1.49 bits per heavy atom. The number of amides is 9. The molecule has 2 bridgehead atoms. The fourth-order valence-corrected chi connectivity index (χ4v) is 13.6. The molecule has 456 valence electrons. The average molecular weight is 1150 g/mol. The van der Waals surface area contributed by atoms with Crippen molar-refractivity contribution in [3.8, 4) is 0 Å². The summed E-state index contributed by atoms with van der Waals surface area (Å²) in [5.41, 5.74) is 7.24. The molecule has 20 heteroatoms. The number of piperidine rings is 1. The number of hydrogen-bond donors (Lipinski definition) is 5. The van der Waals surface area contributed by atoms with Crippen LogP contribution in [-0.4, -0.2) is 161 Å². The molecule has 3 heterocycles. The standard InChI is InChI=1S/C63H92N8O12/c1-9-41(4)56(68(6)62(81)55(40(2)3)63-32-31-45(38-63)57(59(64)78)71(63)53(76)24-16-12-18-35-72)49(82-7)37-54(77)69-34-19-22-48(69)58(83-8)42(5)60(79)67-47(36-43-20-13-10-14-21-43)61(80)66-46-27-25-44(26-28-46)39-65-50(73)23-15-11-17-33-70-51(74)29-30-52(70)75/h10,13-14,20-21,25-30,40-42,45,47-49,55-58,72H,9,11-12,15-19,22-24,31-39H2,1-8H3,(H2,64,78)(H,65,73)(H,66,80)(H,67,79)/t41-,42+,45?,47-,48-,49+,55+,56-,57?,58+,63?/m0/s1. The first-order valence-corrected chi connectivity index (χ1v) is 30.1. The molecule has 4 aliphatic rings. The number of rotatable bonds is 33. The van der Waals surface area contributed by atoms with Gasteiger partial charge in [-0.1, -0.05) is 96.3 Å². The number of aliphatic hydroxyl groups is 1. The third kappa shape index (κ3) is 16.2. The Bertz CT molecular complexity index is 2580. The molecule has 83 heavy (non-hydrogen) atoms. The third-order valence-electron chi connectivity index (χ3n) is 18.0. The van der Waals surface area contributed by atoms with Crippen molar-refractivity contribution in [2.24, 2.45) is 35.3 Å². The maximum atomic E-state index is 15.4. The van der Waals surface area contributed by atoms with Crippen molar-refractivity contribution in [3.05, 3.63) is 77.9 Å². The summed E-state index contributed by atoms with van der Waals surface area (Å²) >= 11 is 0. The van der Waals surface area contributed by atoms with E-state index < -0.39 is 71.5 Å². The second kappa shape index (κ2) is 30.9. The monoisotopic (exact) mass is 1150 g/mol. The van der Waals surface area contributed by atoms with Crippen molar-refractivity contribution in [3.63, 3.8) is 0 Å². The van der Waals surface area contributed by atoms with Crippen LogP contribution >= 0.6 is 0 Å². The van der Waals surface area contributed by atoms with Crippen molar-refractivity contribution in [1.29, 1.82) is 0 Å². The van der Waals surface area contributed by atoms with Gasteiger partial charge in [0, 0.05) is 84.6 Å². The van der Waals surface area contributed by atoms with E-state index in [0.29, 0.717) is 102 Å². The summed E-state index contributed by atoms with van der Waals surface area (Å²) in [6.45, 7) is 10.8. The topological polar surface area (TPSA) is 267 Å². The lowest BCUT2D eigenvalue weighted by atomic mass is 9.73. The molecule has 9 amide bonds. The van der Waals surface area contributed by atoms with Crippen LogP contribution in [-0.2, 0) is 65.6 Å². The molecule has 0 radical (unpaired) electrons. The Kier molecular flexibility index (Phi) is 24.4. The van der Waals surface area contributed by atoms with Crippen LogP contribution in [0.4, 0.5) is 5.69 Å². The van der Waals surface area contributed by atoms with E-state index in [0.717, 1.165) is 11.1 Å². The highest BCUT2D eigenvalue weighted by Gasteiger charge is 2.65. The van der Waals surface area contributed by atoms with Gasteiger partial charge in [0.1, 0.15) is 12.1 Å². The number of unbranched alkanes of at least 4 members (excludes halogenated alkanes) is 4. The smallest absolute Gasteiger partial charge is 0.253 e. The highest BCUT2D eigenvalue weighted by Crippen LogP contribution is 2.56. The lowest BCUT2D eigenvalue weighted by molar-refractivity contribution is -0.159. The molecule has 3 aliphatic heterocycles. The van der Waals surface area contributed by atoms with Gasteiger partial charge in [-0.15, -0.1) is 0 Å². The van der Waals surface area contributed by atoms with Crippen molar-refractivity contribution < 1.29 is 57.7 Å². The molecule has 20 nitrogen and oxygen atoms in total. The van der Waals surface area contributed by atoms with E-state index in [2.05, 4.69) is 16.0 Å². The molecule has 0 aromatic heterocycles. The number of likely N-dealkylation sites (N-methyl/N-ethyl adjacent to an activating group) is 1. The maximum absolute atomic E-state index is 15.4. The van der Waals surface area contributed by atoms with E-state index in [4.69, 9.17) is 15.2 Å². The predicted octanol–water partition coefficient (Wildman–Crippen LogP) is 5.43. The summed E-state index contributed by atoms with van der Waals surface area (Å²) in [4.78, 5) is 128. The average Bonchev–Trinajstić information content (AvgIpc) is 2.00. The Labute approximate surface area is 490 Å². The highest BCUT2D eigenvalue weighted by atomic mass is 16.5.